The number of aliphatic hydroxyl groups is 1. The predicted molar refractivity (Wildman–Crippen MR) is 142 cm³/mol. The number of fused-ring (bicyclic) bond motifs is 1. The Kier molecular flexibility index (Phi) is 8.70. The third-order valence-corrected chi connectivity index (χ3v) is 7.17. The summed E-state index contributed by atoms with van der Waals surface area (Å²) in [6.07, 6.45) is -2.36. The molecule has 0 unspecified atom stereocenters. The Labute approximate surface area is 226 Å². The zero-order chi connectivity index (χ0) is 28.3. The lowest BCUT2D eigenvalue weighted by Gasteiger charge is -2.38. The number of hydrogen-bond acceptors (Lipinski definition) is 5. The summed E-state index contributed by atoms with van der Waals surface area (Å²) in [4.78, 5) is 30.2. The van der Waals surface area contributed by atoms with E-state index in [9.17, 15) is 27.9 Å². The molecule has 3 atom stereocenters. The van der Waals surface area contributed by atoms with Crippen LogP contribution >= 0.6 is 0 Å². The highest BCUT2D eigenvalue weighted by Gasteiger charge is 2.35. The van der Waals surface area contributed by atoms with E-state index in [1.54, 1.807) is 30.0 Å². The summed E-state index contributed by atoms with van der Waals surface area (Å²) in [7, 11) is 2.04. The second kappa shape index (κ2) is 11.8. The number of halogens is 3. The Bertz CT molecular complexity index is 1170. The van der Waals surface area contributed by atoms with E-state index >= 15 is 0 Å². The number of aliphatic hydroxyl groups excluding tert-OH is 1. The Morgan fingerprint density at radius 2 is 1.85 bits per heavy atom. The SMILES string of the molecule is C[C@@H]1CN([C@H](C)CO)C(=O)c2cccc(NC(=O)Nc3ccc(C(F)(F)F)cc3)c2O[C@H]1CN(C)CC1CC1. The first-order valence-corrected chi connectivity index (χ1v) is 13.1. The van der Waals surface area contributed by atoms with Crippen LogP contribution in [0.25, 0.3) is 0 Å². The van der Waals surface area contributed by atoms with E-state index in [4.69, 9.17) is 4.74 Å². The maximum atomic E-state index is 13.6. The maximum Gasteiger partial charge on any atom is 0.416 e. The maximum absolute atomic E-state index is 13.6. The van der Waals surface area contributed by atoms with Gasteiger partial charge in [-0.2, -0.15) is 13.2 Å². The number of likely N-dealkylation sites (N-methyl/N-ethyl adjacent to an activating group) is 1. The molecule has 0 saturated heterocycles. The molecule has 4 rings (SSSR count). The highest BCUT2D eigenvalue weighted by atomic mass is 19.4. The molecule has 2 aromatic carbocycles. The van der Waals surface area contributed by atoms with Gasteiger partial charge in [0, 0.05) is 31.2 Å². The number of anilines is 2. The van der Waals surface area contributed by atoms with Gasteiger partial charge in [-0.05, 0) is 69.1 Å². The van der Waals surface area contributed by atoms with E-state index in [0.717, 1.165) is 18.7 Å². The van der Waals surface area contributed by atoms with Gasteiger partial charge < -0.3 is 30.3 Å². The van der Waals surface area contributed by atoms with E-state index in [1.807, 2.05) is 14.0 Å². The van der Waals surface area contributed by atoms with Gasteiger partial charge in [0.2, 0.25) is 0 Å². The Balaban J connectivity index is 1.59. The van der Waals surface area contributed by atoms with Crippen LogP contribution in [0.2, 0.25) is 0 Å². The van der Waals surface area contributed by atoms with E-state index < -0.39 is 23.8 Å². The minimum Gasteiger partial charge on any atom is -0.486 e. The van der Waals surface area contributed by atoms with Crippen LogP contribution in [0.3, 0.4) is 0 Å². The lowest BCUT2D eigenvalue weighted by molar-refractivity contribution is -0.137. The molecule has 39 heavy (non-hydrogen) atoms. The van der Waals surface area contributed by atoms with Crippen molar-refractivity contribution in [3.05, 3.63) is 53.6 Å². The largest absolute Gasteiger partial charge is 0.486 e. The molecule has 1 saturated carbocycles. The third kappa shape index (κ3) is 7.21. The first-order valence-electron chi connectivity index (χ1n) is 13.1. The number of nitrogens with one attached hydrogen (secondary N) is 2. The van der Waals surface area contributed by atoms with Crippen LogP contribution < -0.4 is 15.4 Å². The number of carbonyl (C=O) groups excluding carboxylic acids is 2. The van der Waals surface area contributed by atoms with Gasteiger partial charge in [0.1, 0.15) is 6.10 Å². The van der Waals surface area contributed by atoms with Crippen LogP contribution in [-0.2, 0) is 6.18 Å². The van der Waals surface area contributed by atoms with Crippen molar-refractivity contribution in [3.8, 4) is 5.75 Å². The van der Waals surface area contributed by atoms with E-state index in [-0.39, 0.29) is 47.2 Å². The van der Waals surface area contributed by atoms with Gasteiger partial charge >= 0.3 is 12.2 Å². The summed E-state index contributed by atoms with van der Waals surface area (Å²) in [6, 6.07) is 7.83. The standard InChI is InChI=1S/C28H35F3N4O4/c1-17-13-35(18(2)16-36)26(37)22-5-4-6-23(25(22)39-24(17)15-34(3)14-19-7-8-19)33-27(38)32-21-11-9-20(10-12-21)28(29,30)31/h4-6,9-12,17-19,24,36H,7-8,13-16H2,1-3H3,(H2,32,33,38)/t17-,18-,24+/m1/s1. The summed E-state index contributed by atoms with van der Waals surface area (Å²) in [6.45, 7) is 5.53. The molecule has 11 heteroatoms. The van der Waals surface area contributed by atoms with Crippen LogP contribution in [0.4, 0.5) is 29.3 Å². The third-order valence-electron chi connectivity index (χ3n) is 7.17. The molecule has 0 aromatic heterocycles. The van der Waals surface area contributed by atoms with Crippen molar-refractivity contribution in [1.82, 2.24) is 9.80 Å². The Morgan fingerprint density at radius 3 is 2.46 bits per heavy atom. The second-order valence-corrected chi connectivity index (χ2v) is 10.6. The molecule has 0 bridgehead atoms. The molecule has 0 spiro atoms. The summed E-state index contributed by atoms with van der Waals surface area (Å²) in [5.41, 5.74) is -0.138. The minimum absolute atomic E-state index is 0.0771. The van der Waals surface area contributed by atoms with E-state index in [0.29, 0.717) is 19.0 Å². The summed E-state index contributed by atoms with van der Waals surface area (Å²) in [5, 5.41) is 15.0. The van der Waals surface area contributed by atoms with Crippen LogP contribution in [-0.4, -0.2) is 72.3 Å². The predicted octanol–water partition coefficient (Wildman–Crippen LogP) is 4.91. The molecule has 1 aliphatic heterocycles. The molecule has 3 amide bonds. The summed E-state index contributed by atoms with van der Waals surface area (Å²) < 4.78 is 45.1. The molecule has 8 nitrogen and oxygen atoms in total. The first-order chi connectivity index (χ1) is 18.5. The first kappa shape index (κ1) is 28.7. The number of amides is 3. The number of carbonyl (C=O) groups is 2. The molecule has 212 valence electrons. The van der Waals surface area contributed by atoms with Crippen molar-refractivity contribution >= 4 is 23.3 Å². The number of nitrogens with zero attached hydrogens (tertiary/aromatic N) is 2. The van der Waals surface area contributed by atoms with Gasteiger partial charge in [-0.15, -0.1) is 0 Å². The van der Waals surface area contributed by atoms with Gasteiger partial charge in [-0.3, -0.25) is 4.79 Å². The number of para-hydroxylation sites is 1. The Hall–Kier alpha value is -3.31. The quantitative estimate of drug-likeness (QED) is 0.436. The van der Waals surface area contributed by atoms with Crippen molar-refractivity contribution in [2.75, 3.05) is 43.9 Å². The number of benzene rings is 2. The normalized spacial score (nSPS) is 20.5. The van der Waals surface area contributed by atoms with Gasteiger partial charge in [-0.25, -0.2) is 4.79 Å². The topological polar surface area (TPSA) is 94.1 Å². The van der Waals surface area contributed by atoms with Crippen molar-refractivity contribution < 1.29 is 32.6 Å². The van der Waals surface area contributed by atoms with E-state index in [1.165, 1.54) is 25.0 Å². The zero-order valence-corrected chi connectivity index (χ0v) is 22.3. The average molecular weight is 549 g/mol. The number of alkyl halides is 3. The molecule has 1 fully saturated rings. The minimum atomic E-state index is -4.48. The molecular formula is C28H35F3N4O4. The van der Waals surface area contributed by atoms with Gasteiger partial charge in [0.15, 0.2) is 5.75 Å². The number of ether oxygens (including phenoxy) is 1. The second-order valence-electron chi connectivity index (χ2n) is 10.6. The smallest absolute Gasteiger partial charge is 0.416 e. The average Bonchev–Trinajstić information content (AvgIpc) is 3.69. The number of urea groups is 1. The van der Waals surface area contributed by atoms with Crippen molar-refractivity contribution in [1.29, 1.82) is 0 Å². The fraction of sp³-hybridized carbons (Fsp3) is 0.500. The van der Waals surface area contributed by atoms with Crippen LogP contribution in [0, 0.1) is 11.8 Å². The molecule has 1 heterocycles. The molecule has 3 N–H and O–H groups in total. The number of hydrogen-bond donors (Lipinski definition) is 3. The molecule has 2 aliphatic rings. The molecule has 2 aromatic rings. The molecular weight excluding hydrogens is 513 g/mol. The van der Waals surface area contributed by atoms with Crippen molar-refractivity contribution in [2.45, 2.75) is 45.0 Å². The lowest BCUT2D eigenvalue weighted by atomic mass is 9.99. The van der Waals surface area contributed by atoms with Gasteiger partial charge in [0.25, 0.3) is 5.91 Å². The molecule has 1 aliphatic carbocycles. The van der Waals surface area contributed by atoms with Crippen LogP contribution in [0.15, 0.2) is 42.5 Å². The lowest BCUT2D eigenvalue weighted by Crippen LogP contribution is -2.50. The fourth-order valence-corrected chi connectivity index (χ4v) is 4.71. The Morgan fingerprint density at radius 1 is 1.15 bits per heavy atom. The molecule has 0 radical (unpaired) electrons. The zero-order valence-electron chi connectivity index (χ0n) is 22.3. The van der Waals surface area contributed by atoms with Crippen LogP contribution in [0.5, 0.6) is 5.75 Å². The van der Waals surface area contributed by atoms with Crippen molar-refractivity contribution in [3.63, 3.8) is 0 Å². The number of rotatable bonds is 8. The van der Waals surface area contributed by atoms with Crippen LogP contribution in [0.1, 0.15) is 42.6 Å². The highest BCUT2D eigenvalue weighted by molar-refractivity contribution is 6.04. The summed E-state index contributed by atoms with van der Waals surface area (Å²) >= 11 is 0. The highest BCUT2D eigenvalue weighted by Crippen LogP contribution is 2.36. The van der Waals surface area contributed by atoms with E-state index in [2.05, 4.69) is 15.5 Å². The summed E-state index contributed by atoms with van der Waals surface area (Å²) in [5.74, 6) is 0.503. The monoisotopic (exact) mass is 548 g/mol. The van der Waals surface area contributed by atoms with Gasteiger partial charge in [0.05, 0.1) is 29.5 Å². The van der Waals surface area contributed by atoms with Crippen molar-refractivity contribution in [2.24, 2.45) is 11.8 Å². The fourth-order valence-electron chi connectivity index (χ4n) is 4.71. The van der Waals surface area contributed by atoms with Gasteiger partial charge in [-0.1, -0.05) is 13.0 Å².